The highest BCUT2D eigenvalue weighted by molar-refractivity contribution is 14.1. The molecule has 0 bridgehead atoms. The molecule has 4 nitrogen and oxygen atoms in total. The smallest absolute Gasteiger partial charge is 0.437 e. The van der Waals surface area contributed by atoms with E-state index >= 15 is 0 Å². The predicted octanol–water partition coefficient (Wildman–Crippen LogP) is 4.14. The molecule has 0 aliphatic carbocycles. The summed E-state index contributed by atoms with van der Waals surface area (Å²) < 4.78 is 49.1. The molecule has 0 saturated carbocycles. The molecule has 0 spiro atoms. The molecule has 2 aromatic rings. The van der Waals surface area contributed by atoms with Gasteiger partial charge in [-0.3, -0.25) is 0 Å². The number of oxazole rings is 1. The van der Waals surface area contributed by atoms with Crippen molar-refractivity contribution < 1.29 is 27.1 Å². The Morgan fingerprint density at radius 3 is 2.71 bits per heavy atom. The van der Waals surface area contributed by atoms with Crippen molar-refractivity contribution in [3.05, 3.63) is 39.3 Å². The van der Waals surface area contributed by atoms with Gasteiger partial charge in [-0.25, -0.2) is 9.78 Å². The third kappa shape index (κ3) is 3.55. The second kappa shape index (κ2) is 6.04. The van der Waals surface area contributed by atoms with Gasteiger partial charge in [0.05, 0.1) is 6.61 Å². The number of ether oxygens (including phenoxy) is 1. The zero-order valence-electron chi connectivity index (χ0n) is 10.7. The molecular weight excluding hydrogens is 402 g/mol. The summed E-state index contributed by atoms with van der Waals surface area (Å²) in [6.07, 6.45) is -4.80. The number of benzene rings is 1. The lowest BCUT2D eigenvalue weighted by molar-refractivity contribution is -0.141. The van der Waals surface area contributed by atoms with Gasteiger partial charge in [-0.15, -0.1) is 0 Å². The van der Waals surface area contributed by atoms with Gasteiger partial charge in [-0.2, -0.15) is 13.2 Å². The molecule has 0 saturated heterocycles. The van der Waals surface area contributed by atoms with E-state index in [2.05, 4.69) is 9.72 Å². The van der Waals surface area contributed by atoms with Crippen molar-refractivity contribution in [2.75, 3.05) is 6.61 Å². The second-order valence-electron chi connectivity index (χ2n) is 3.93. The fourth-order valence-electron chi connectivity index (χ4n) is 1.59. The van der Waals surface area contributed by atoms with Gasteiger partial charge < -0.3 is 9.15 Å². The Kier molecular flexibility index (Phi) is 4.55. The highest BCUT2D eigenvalue weighted by atomic mass is 127. The van der Waals surface area contributed by atoms with Crippen molar-refractivity contribution in [1.82, 2.24) is 4.98 Å². The standard InChI is InChI=1S/C13H9F3INO3/c1-2-20-12(19)9-10(13(14,15)16)18-11(21-9)7-4-3-5-8(17)6-7/h3-6H,2H2,1H3. The first-order valence-corrected chi connectivity index (χ1v) is 6.92. The van der Waals surface area contributed by atoms with E-state index in [1.807, 2.05) is 22.6 Å². The van der Waals surface area contributed by atoms with Crippen LogP contribution in [0.5, 0.6) is 0 Å². The van der Waals surface area contributed by atoms with Crippen LogP contribution in [0.1, 0.15) is 23.2 Å². The summed E-state index contributed by atoms with van der Waals surface area (Å²) in [6, 6.07) is 6.56. The van der Waals surface area contributed by atoms with Gasteiger partial charge in [-0.1, -0.05) is 6.07 Å². The van der Waals surface area contributed by atoms with Gasteiger partial charge in [-0.05, 0) is 47.7 Å². The summed E-state index contributed by atoms with van der Waals surface area (Å²) in [5.41, 5.74) is -1.03. The number of esters is 1. The molecule has 112 valence electrons. The fraction of sp³-hybridized carbons (Fsp3) is 0.231. The van der Waals surface area contributed by atoms with E-state index in [9.17, 15) is 18.0 Å². The van der Waals surface area contributed by atoms with Crippen LogP contribution in [-0.2, 0) is 10.9 Å². The van der Waals surface area contributed by atoms with Gasteiger partial charge in [0.2, 0.25) is 11.7 Å². The fourth-order valence-corrected chi connectivity index (χ4v) is 2.14. The van der Waals surface area contributed by atoms with Crippen LogP contribution >= 0.6 is 22.6 Å². The van der Waals surface area contributed by atoms with Crippen molar-refractivity contribution in [3.63, 3.8) is 0 Å². The number of alkyl halides is 3. The molecule has 0 N–H and O–H groups in total. The number of halogens is 4. The topological polar surface area (TPSA) is 52.3 Å². The average Bonchev–Trinajstić information content (AvgIpc) is 2.84. The van der Waals surface area contributed by atoms with E-state index in [-0.39, 0.29) is 12.5 Å². The van der Waals surface area contributed by atoms with Crippen molar-refractivity contribution in [1.29, 1.82) is 0 Å². The van der Waals surface area contributed by atoms with Crippen molar-refractivity contribution in [2.24, 2.45) is 0 Å². The lowest BCUT2D eigenvalue weighted by Gasteiger charge is -2.03. The van der Waals surface area contributed by atoms with E-state index in [4.69, 9.17) is 4.42 Å². The molecular formula is C13H9F3INO3. The van der Waals surface area contributed by atoms with Crippen LogP contribution in [0.3, 0.4) is 0 Å². The summed E-state index contributed by atoms with van der Waals surface area (Å²) in [7, 11) is 0. The van der Waals surface area contributed by atoms with E-state index in [1.165, 1.54) is 6.92 Å². The minimum absolute atomic E-state index is 0.0601. The SMILES string of the molecule is CCOC(=O)c1oc(-c2cccc(I)c2)nc1C(F)(F)F. The van der Waals surface area contributed by atoms with E-state index in [0.717, 1.165) is 3.57 Å². The van der Waals surface area contributed by atoms with Gasteiger partial charge in [0.25, 0.3) is 0 Å². The minimum Gasteiger partial charge on any atom is -0.460 e. The monoisotopic (exact) mass is 411 g/mol. The highest BCUT2D eigenvalue weighted by Crippen LogP contribution is 2.34. The first kappa shape index (κ1) is 15.8. The molecule has 0 atom stereocenters. The number of hydrogen-bond acceptors (Lipinski definition) is 4. The van der Waals surface area contributed by atoms with Crippen LogP contribution in [0, 0.1) is 3.57 Å². The number of hydrogen-bond donors (Lipinski definition) is 0. The van der Waals surface area contributed by atoms with Crippen molar-refractivity contribution in [2.45, 2.75) is 13.1 Å². The third-order valence-electron chi connectivity index (χ3n) is 2.43. The maximum atomic E-state index is 12.9. The number of carbonyl (C=O) groups excluding carboxylic acids is 1. The van der Waals surface area contributed by atoms with Gasteiger partial charge in [0.1, 0.15) is 0 Å². The van der Waals surface area contributed by atoms with Gasteiger partial charge >= 0.3 is 12.1 Å². The number of nitrogens with zero attached hydrogens (tertiary/aromatic N) is 1. The zero-order valence-corrected chi connectivity index (χ0v) is 12.9. The largest absolute Gasteiger partial charge is 0.460 e. The minimum atomic E-state index is -4.80. The molecule has 0 unspecified atom stereocenters. The predicted molar refractivity (Wildman–Crippen MR) is 75.6 cm³/mol. The Bertz CT molecular complexity index is 667. The van der Waals surface area contributed by atoms with Crippen molar-refractivity contribution >= 4 is 28.6 Å². The quantitative estimate of drug-likeness (QED) is 0.563. The summed E-state index contributed by atoms with van der Waals surface area (Å²) in [4.78, 5) is 15.0. The Labute approximate surface area is 131 Å². The van der Waals surface area contributed by atoms with Crippen LogP contribution in [0.4, 0.5) is 13.2 Å². The summed E-state index contributed by atoms with van der Waals surface area (Å²) in [6.45, 7) is 1.43. The average molecular weight is 411 g/mol. The molecule has 0 fully saturated rings. The molecule has 1 aromatic heterocycles. The van der Waals surface area contributed by atoms with Crippen LogP contribution < -0.4 is 0 Å². The summed E-state index contributed by atoms with van der Waals surface area (Å²) >= 11 is 2.01. The first-order chi connectivity index (χ1) is 9.82. The lowest BCUT2D eigenvalue weighted by Crippen LogP contribution is -2.14. The van der Waals surface area contributed by atoms with E-state index < -0.39 is 23.6 Å². The summed E-state index contributed by atoms with van der Waals surface area (Å²) in [5.74, 6) is -2.39. The Morgan fingerprint density at radius 1 is 1.43 bits per heavy atom. The molecule has 0 aliphatic heterocycles. The molecule has 2 rings (SSSR count). The molecule has 1 heterocycles. The Morgan fingerprint density at radius 2 is 2.14 bits per heavy atom. The normalized spacial score (nSPS) is 11.5. The van der Waals surface area contributed by atoms with Gasteiger partial charge in [0.15, 0.2) is 5.69 Å². The molecule has 0 radical (unpaired) electrons. The number of carbonyl (C=O) groups is 1. The Balaban J connectivity index is 2.53. The van der Waals surface area contributed by atoms with E-state index in [1.54, 1.807) is 24.3 Å². The maximum absolute atomic E-state index is 12.9. The Hall–Kier alpha value is -1.58. The second-order valence-corrected chi connectivity index (χ2v) is 5.17. The van der Waals surface area contributed by atoms with Crippen LogP contribution in [-0.4, -0.2) is 17.6 Å². The number of rotatable bonds is 3. The highest BCUT2D eigenvalue weighted by Gasteiger charge is 2.41. The molecule has 1 aromatic carbocycles. The lowest BCUT2D eigenvalue weighted by atomic mass is 10.2. The zero-order chi connectivity index (χ0) is 15.6. The summed E-state index contributed by atoms with van der Waals surface area (Å²) in [5, 5.41) is 0. The van der Waals surface area contributed by atoms with E-state index in [0.29, 0.717) is 5.56 Å². The van der Waals surface area contributed by atoms with Crippen LogP contribution in [0.15, 0.2) is 28.7 Å². The first-order valence-electron chi connectivity index (χ1n) is 5.84. The van der Waals surface area contributed by atoms with Crippen molar-refractivity contribution in [3.8, 4) is 11.5 Å². The molecule has 0 amide bonds. The molecule has 0 aliphatic rings. The molecule has 8 heteroatoms. The van der Waals surface area contributed by atoms with Crippen LogP contribution in [0.25, 0.3) is 11.5 Å². The third-order valence-corrected chi connectivity index (χ3v) is 3.10. The van der Waals surface area contributed by atoms with Gasteiger partial charge in [0, 0.05) is 9.13 Å². The molecule has 21 heavy (non-hydrogen) atoms. The maximum Gasteiger partial charge on any atom is 0.437 e. The number of aromatic nitrogens is 1. The van der Waals surface area contributed by atoms with Crippen LogP contribution in [0.2, 0.25) is 0 Å².